The van der Waals surface area contributed by atoms with Crippen LogP contribution in [0, 0.1) is 10.4 Å². The molecular formula is C34H24N2O5. The molecule has 41 heavy (non-hydrogen) atoms. The van der Waals surface area contributed by atoms with Gasteiger partial charge in [-0.05, 0) is 65.6 Å². The molecule has 7 heteroatoms. The first-order valence-electron chi connectivity index (χ1n) is 13.2. The van der Waals surface area contributed by atoms with Crippen LogP contribution in [0.1, 0.15) is 11.1 Å². The number of rotatable bonds is 5. The summed E-state index contributed by atoms with van der Waals surface area (Å²) in [5.74, 6) is 0.0542. The molecule has 1 amide bonds. The molecule has 0 aliphatic carbocycles. The number of phenolic OH excluding ortho intramolecular Hbond substituents is 4. The van der Waals surface area contributed by atoms with Gasteiger partial charge in [0.1, 0.15) is 22.9 Å². The van der Waals surface area contributed by atoms with Crippen molar-refractivity contribution in [3.63, 3.8) is 0 Å². The topological polar surface area (TPSA) is 114 Å². The number of fused-ring (bicyclic) bond motifs is 4. The van der Waals surface area contributed by atoms with E-state index in [1.807, 2.05) is 36.4 Å². The van der Waals surface area contributed by atoms with Gasteiger partial charge in [0.2, 0.25) is 0 Å². The van der Waals surface area contributed by atoms with Crippen LogP contribution in [0.4, 0.5) is 11.4 Å². The van der Waals surface area contributed by atoms with Crippen LogP contribution in [-0.2, 0) is 11.2 Å². The van der Waals surface area contributed by atoms with Gasteiger partial charge >= 0.3 is 0 Å². The fourth-order valence-corrected chi connectivity index (χ4v) is 5.76. The van der Waals surface area contributed by atoms with Gasteiger partial charge in [-0.3, -0.25) is 4.79 Å². The summed E-state index contributed by atoms with van der Waals surface area (Å²) in [5.41, 5.74) is 4.04. The van der Waals surface area contributed by atoms with Gasteiger partial charge in [-0.15, -0.1) is 0 Å². The molecule has 2 heterocycles. The van der Waals surface area contributed by atoms with E-state index in [0.29, 0.717) is 62.4 Å². The summed E-state index contributed by atoms with van der Waals surface area (Å²) in [5, 5.41) is 44.4. The van der Waals surface area contributed by atoms with Crippen molar-refractivity contribution in [1.82, 2.24) is 0 Å². The van der Waals surface area contributed by atoms with Crippen molar-refractivity contribution in [2.24, 2.45) is 4.99 Å². The molecule has 0 fully saturated rings. The summed E-state index contributed by atoms with van der Waals surface area (Å²) >= 11 is 0. The van der Waals surface area contributed by atoms with Crippen LogP contribution in [0.3, 0.4) is 0 Å². The lowest BCUT2D eigenvalue weighted by Gasteiger charge is -2.23. The van der Waals surface area contributed by atoms with Crippen molar-refractivity contribution in [3.8, 4) is 34.1 Å². The number of carbonyl (C=O) groups excluding carboxylic acids is 1. The Hall–Kier alpha value is -5.56. The molecule has 2 aliphatic rings. The van der Waals surface area contributed by atoms with Crippen LogP contribution in [0.2, 0.25) is 0 Å². The maximum atomic E-state index is 14.4. The molecule has 0 saturated carbocycles. The van der Waals surface area contributed by atoms with E-state index < -0.39 is 0 Å². The molecule has 0 bridgehead atoms. The van der Waals surface area contributed by atoms with Gasteiger partial charge in [-0.2, -0.15) is 0 Å². The Morgan fingerprint density at radius 2 is 1.24 bits per heavy atom. The van der Waals surface area contributed by atoms with Crippen molar-refractivity contribution in [2.75, 3.05) is 11.4 Å². The van der Waals surface area contributed by atoms with E-state index >= 15 is 0 Å². The molecular weight excluding hydrogens is 516 g/mol. The van der Waals surface area contributed by atoms with E-state index in [2.05, 4.69) is 0 Å². The number of phenols is 4. The smallest absolute Gasteiger partial charge is 0.259 e. The zero-order chi connectivity index (χ0) is 28.2. The minimum absolute atomic E-state index is 0.0463. The fraction of sp³-hybridized carbons (Fsp3) is 0.0588. The maximum Gasteiger partial charge on any atom is 0.259 e. The number of hydrogen-bond acceptors (Lipinski definition) is 6. The highest BCUT2D eigenvalue weighted by atomic mass is 16.3. The number of hydrogen-bond donors (Lipinski definition) is 4. The third-order valence-corrected chi connectivity index (χ3v) is 7.68. The molecule has 0 radical (unpaired) electrons. The van der Waals surface area contributed by atoms with E-state index in [4.69, 9.17) is 4.99 Å². The number of nitrogens with zero attached hydrogens (tertiary/aromatic N) is 2. The average molecular weight is 541 g/mol. The Kier molecular flexibility index (Phi) is 5.54. The lowest BCUT2D eigenvalue weighted by molar-refractivity contribution is -0.113. The van der Waals surface area contributed by atoms with E-state index in [1.165, 1.54) is 0 Å². The predicted octanol–water partition coefficient (Wildman–Crippen LogP) is 4.52. The van der Waals surface area contributed by atoms with Crippen LogP contribution in [0.15, 0.2) is 102 Å². The Labute approximate surface area is 234 Å². The van der Waals surface area contributed by atoms with Gasteiger partial charge in [0.15, 0.2) is 5.75 Å². The summed E-state index contributed by atoms with van der Waals surface area (Å²) in [6, 6.07) is 27.5. The van der Waals surface area contributed by atoms with Crippen molar-refractivity contribution >= 4 is 22.9 Å². The van der Waals surface area contributed by atoms with Crippen molar-refractivity contribution in [3.05, 3.63) is 129 Å². The Morgan fingerprint density at radius 1 is 0.659 bits per heavy atom. The molecule has 0 spiro atoms. The minimum atomic E-state index is -0.235. The molecule has 7 nitrogen and oxygen atoms in total. The summed E-state index contributed by atoms with van der Waals surface area (Å²) in [7, 11) is 0. The predicted molar refractivity (Wildman–Crippen MR) is 155 cm³/mol. The Morgan fingerprint density at radius 3 is 1.90 bits per heavy atom. The first-order valence-corrected chi connectivity index (χ1v) is 13.2. The average Bonchev–Trinajstić information content (AvgIpc) is 3.50. The van der Waals surface area contributed by atoms with Crippen molar-refractivity contribution in [1.29, 1.82) is 0 Å². The van der Waals surface area contributed by atoms with E-state index in [9.17, 15) is 25.2 Å². The molecule has 4 N–H and O–H groups in total. The van der Waals surface area contributed by atoms with Crippen LogP contribution >= 0.6 is 0 Å². The third-order valence-electron chi connectivity index (χ3n) is 7.68. The molecule has 7 rings (SSSR count). The van der Waals surface area contributed by atoms with Crippen molar-refractivity contribution in [2.45, 2.75) is 6.42 Å². The Bertz CT molecular complexity index is 2090. The van der Waals surface area contributed by atoms with E-state index in [1.54, 1.807) is 65.6 Å². The Balaban J connectivity index is 1.59. The second kappa shape index (κ2) is 9.27. The molecule has 0 aromatic heterocycles. The lowest BCUT2D eigenvalue weighted by atomic mass is 9.95. The minimum Gasteiger partial charge on any atom is -0.508 e. The molecule has 0 atom stereocenters. The number of benzene rings is 5. The van der Waals surface area contributed by atoms with Gasteiger partial charge in [0.25, 0.3) is 5.91 Å². The van der Waals surface area contributed by atoms with Crippen LogP contribution < -0.4 is 15.5 Å². The monoisotopic (exact) mass is 540 g/mol. The van der Waals surface area contributed by atoms with Gasteiger partial charge < -0.3 is 25.3 Å². The van der Waals surface area contributed by atoms with Crippen LogP contribution in [-0.4, -0.2) is 32.9 Å². The molecule has 0 saturated heterocycles. The number of anilines is 1. The number of carbonyl (C=O) groups is 1. The zero-order valence-electron chi connectivity index (χ0n) is 21.7. The molecule has 2 aliphatic heterocycles. The second-order valence-electron chi connectivity index (χ2n) is 10.1. The molecule has 5 aromatic rings. The maximum absolute atomic E-state index is 14.4. The standard InChI is InChI=1S/C34H24N2O5/c37-22-11-5-19(6-12-22)17-18-36-32-28(21-9-15-24(39)16-10-21)33(40)31-29(25-3-1-2-4-26(25)35-31)30(32)27(34(36)41)20-7-13-23(38)14-8-20/h1-16,37-40H,17-18H2. The fourth-order valence-electron chi connectivity index (χ4n) is 5.76. The molecule has 0 unspecified atom stereocenters. The van der Waals surface area contributed by atoms with Gasteiger partial charge in [0, 0.05) is 22.2 Å². The summed E-state index contributed by atoms with van der Waals surface area (Å²) in [6.45, 7) is 0.306. The first kappa shape index (κ1) is 24.5. The molecule has 5 aromatic carbocycles. The van der Waals surface area contributed by atoms with Gasteiger partial charge in [0.05, 0.1) is 22.2 Å². The van der Waals surface area contributed by atoms with Crippen molar-refractivity contribution < 1.29 is 25.2 Å². The second-order valence-corrected chi connectivity index (χ2v) is 10.1. The summed E-state index contributed by atoms with van der Waals surface area (Å²) < 4.78 is 0. The first-order chi connectivity index (χ1) is 19.9. The summed E-state index contributed by atoms with van der Waals surface area (Å²) in [4.78, 5) is 20.9. The largest absolute Gasteiger partial charge is 0.508 e. The van der Waals surface area contributed by atoms with E-state index in [0.717, 1.165) is 10.8 Å². The SMILES string of the molecule is O=C1C(c2ccc(O)cc2)=c2c(c(-c3ccc(O)cc3)c(O)c3c2=c2ccccc2=N3)N1CCc1ccc(O)cc1. The highest BCUT2D eigenvalue weighted by molar-refractivity contribution is 6.31. The quantitative estimate of drug-likeness (QED) is 0.257. The zero-order valence-corrected chi connectivity index (χ0v) is 21.7. The normalized spacial score (nSPS) is 13.1. The number of para-hydroxylation sites is 1. The lowest BCUT2D eigenvalue weighted by Crippen LogP contribution is -2.31. The van der Waals surface area contributed by atoms with Crippen LogP contribution in [0.25, 0.3) is 16.7 Å². The number of aromatic hydroxyl groups is 4. The van der Waals surface area contributed by atoms with Gasteiger partial charge in [-0.1, -0.05) is 54.6 Å². The van der Waals surface area contributed by atoms with Gasteiger partial charge in [-0.25, -0.2) is 4.99 Å². The number of amides is 1. The van der Waals surface area contributed by atoms with E-state index in [-0.39, 0.29) is 28.9 Å². The summed E-state index contributed by atoms with van der Waals surface area (Å²) in [6.07, 6.45) is 0.502. The third kappa shape index (κ3) is 3.90. The van der Waals surface area contributed by atoms with Crippen LogP contribution in [0.5, 0.6) is 23.0 Å². The molecule has 200 valence electrons. The highest BCUT2D eigenvalue weighted by Gasteiger charge is 2.36. The highest BCUT2D eigenvalue weighted by Crippen LogP contribution is 2.46.